The summed E-state index contributed by atoms with van der Waals surface area (Å²) in [5.74, 6) is -0.256. The first kappa shape index (κ1) is 71.5. The van der Waals surface area contributed by atoms with Crippen LogP contribution in [0.2, 0.25) is 0 Å². The minimum absolute atomic E-state index is 0.256. The monoisotopic (exact) mass is 1110 g/mol. The highest BCUT2D eigenvalue weighted by Crippen LogP contribution is 2.30. The third-order valence-electron chi connectivity index (χ3n) is 13.9. The number of aliphatic hydroxyl groups is 8. The zero-order valence-corrected chi connectivity index (χ0v) is 48.3. The second-order valence-electron chi connectivity index (χ2n) is 20.7. The Labute approximate surface area is 476 Å². The lowest BCUT2D eigenvalue weighted by Crippen LogP contribution is -2.65. The third-order valence-corrected chi connectivity index (χ3v) is 13.9. The van der Waals surface area contributed by atoms with Crippen LogP contribution in [0.5, 0.6) is 0 Å². The largest absolute Gasteiger partial charge is 0.394 e. The fourth-order valence-electron chi connectivity index (χ4n) is 9.05. The van der Waals surface area contributed by atoms with Crippen molar-refractivity contribution in [1.29, 1.82) is 0 Å². The maximum atomic E-state index is 13.2. The molecule has 0 radical (unpaired) electrons. The quantitative estimate of drug-likeness (QED) is 0.0204. The van der Waals surface area contributed by atoms with Crippen LogP contribution in [0.1, 0.15) is 187 Å². The highest BCUT2D eigenvalue weighted by atomic mass is 16.7. The second kappa shape index (κ2) is 49.0. The summed E-state index contributed by atoms with van der Waals surface area (Å²) in [7, 11) is 0. The Hall–Kier alpha value is -3.61. The van der Waals surface area contributed by atoms with Crippen LogP contribution < -0.4 is 5.32 Å². The van der Waals surface area contributed by atoms with Crippen LogP contribution in [-0.2, 0) is 23.7 Å². The smallest absolute Gasteiger partial charge is 0.220 e. The van der Waals surface area contributed by atoms with E-state index in [0.29, 0.717) is 6.42 Å². The van der Waals surface area contributed by atoms with Gasteiger partial charge in [0.25, 0.3) is 0 Å². The first-order valence-corrected chi connectivity index (χ1v) is 30.3. The number of rotatable bonds is 46. The number of hydrogen-bond acceptors (Lipinski definition) is 13. The van der Waals surface area contributed by atoms with E-state index in [-0.39, 0.29) is 18.9 Å². The number of allylic oxidation sites excluding steroid dienone is 19. The molecule has 12 unspecified atom stereocenters. The van der Waals surface area contributed by atoms with Crippen LogP contribution >= 0.6 is 0 Å². The van der Waals surface area contributed by atoms with Crippen LogP contribution in [0, 0.1) is 0 Å². The van der Waals surface area contributed by atoms with Crippen molar-refractivity contribution >= 4 is 5.91 Å². The van der Waals surface area contributed by atoms with E-state index < -0.39 is 86.8 Å². The number of carbonyl (C=O) groups excluding carboxylic acids is 1. The highest BCUT2D eigenvalue weighted by molar-refractivity contribution is 5.76. The number of carbonyl (C=O) groups is 1. The van der Waals surface area contributed by atoms with Gasteiger partial charge in [-0.15, -0.1) is 0 Å². The zero-order chi connectivity index (χ0) is 57.4. The van der Waals surface area contributed by atoms with Crippen LogP contribution in [-0.4, -0.2) is 140 Å². The molecule has 0 saturated carbocycles. The van der Waals surface area contributed by atoms with Crippen molar-refractivity contribution in [3.05, 3.63) is 122 Å². The molecule has 9 N–H and O–H groups in total. The van der Waals surface area contributed by atoms with E-state index in [4.69, 9.17) is 18.9 Å². The Kier molecular flexibility index (Phi) is 44.4. The highest BCUT2D eigenvalue weighted by Gasteiger charge is 2.51. The number of aliphatic hydroxyl groups excluding tert-OH is 8. The van der Waals surface area contributed by atoms with Crippen LogP contribution in [0.25, 0.3) is 0 Å². The molecule has 0 aromatic heterocycles. The van der Waals surface area contributed by atoms with Crippen LogP contribution in [0.15, 0.2) is 122 Å². The third kappa shape index (κ3) is 34.4. The lowest BCUT2D eigenvalue weighted by Gasteiger charge is -2.46. The van der Waals surface area contributed by atoms with Crippen molar-refractivity contribution in [1.82, 2.24) is 5.32 Å². The van der Waals surface area contributed by atoms with Gasteiger partial charge >= 0.3 is 0 Å². The summed E-state index contributed by atoms with van der Waals surface area (Å²) in [5.41, 5.74) is 0. The van der Waals surface area contributed by atoms with Gasteiger partial charge < -0.3 is 65.1 Å². The van der Waals surface area contributed by atoms with Gasteiger partial charge in [-0.25, -0.2) is 0 Å². The normalized spacial score (nSPS) is 25.3. The zero-order valence-electron chi connectivity index (χ0n) is 48.3. The van der Waals surface area contributed by atoms with E-state index in [2.05, 4.69) is 129 Å². The fraction of sp³-hybridized carbons (Fsp3) is 0.677. The number of unbranched alkanes of at least 4 members (excludes halogenated alkanes) is 15. The standard InChI is InChI=1S/C65H107NO13/c1-3-5-7-9-11-13-14-15-16-17-18-19-20-21-22-23-24-25-26-27-28-29-30-31-32-33-34-35-36-37-38-39-40-41-43-45-47-49-57(70)66-53(54(69)48-46-44-42-12-10-8-6-4-2)52-76-64-62(75)60(73)63(56(51-68)78-64)79-65-61(74)59(72)58(71)55(50-67)77-65/h5,7,11,13,15-16,18-19,21-22,24-25,27-28,30-31,33-34,46,48,53-56,58-65,67-69,71-75H,3-4,6,8-10,12,14,17,20,23,26,29,32,35-45,47,49-52H2,1-2H3,(H,66,70)/b7-5-,13-11-,16-15-,19-18-,22-21-,25-24-,28-27-,31-30-,34-33-,48-46+. The minimum Gasteiger partial charge on any atom is -0.394 e. The Morgan fingerprint density at radius 2 is 0.873 bits per heavy atom. The van der Waals surface area contributed by atoms with E-state index in [1.54, 1.807) is 6.08 Å². The maximum absolute atomic E-state index is 13.2. The molecular weight excluding hydrogens is 1000 g/mol. The van der Waals surface area contributed by atoms with Crippen molar-refractivity contribution in [3.8, 4) is 0 Å². The van der Waals surface area contributed by atoms with E-state index in [9.17, 15) is 45.6 Å². The summed E-state index contributed by atoms with van der Waals surface area (Å²) in [6.07, 6.45) is 54.2. The first-order valence-electron chi connectivity index (χ1n) is 30.3. The summed E-state index contributed by atoms with van der Waals surface area (Å²) in [4.78, 5) is 13.2. The van der Waals surface area contributed by atoms with E-state index in [0.717, 1.165) is 109 Å². The maximum Gasteiger partial charge on any atom is 0.220 e. The summed E-state index contributed by atoms with van der Waals surface area (Å²) in [5, 5.41) is 86.7. The molecule has 450 valence electrons. The van der Waals surface area contributed by atoms with Crippen LogP contribution in [0.3, 0.4) is 0 Å². The second-order valence-corrected chi connectivity index (χ2v) is 20.7. The van der Waals surface area contributed by atoms with Gasteiger partial charge in [-0.3, -0.25) is 4.79 Å². The molecule has 0 aromatic carbocycles. The molecule has 0 spiro atoms. The van der Waals surface area contributed by atoms with Gasteiger partial charge in [0.15, 0.2) is 12.6 Å². The predicted octanol–water partition coefficient (Wildman–Crippen LogP) is 10.6. The lowest BCUT2D eigenvalue weighted by atomic mass is 9.97. The summed E-state index contributed by atoms with van der Waals surface area (Å²) in [6.45, 7) is 2.60. The van der Waals surface area contributed by atoms with Crippen molar-refractivity contribution in [2.75, 3.05) is 19.8 Å². The number of ether oxygens (including phenoxy) is 4. The predicted molar refractivity (Wildman–Crippen MR) is 318 cm³/mol. The minimum atomic E-state index is -1.79. The van der Waals surface area contributed by atoms with Gasteiger partial charge in [-0.05, 0) is 89.9 Å². The van der Waals surface area contributed by atoms with Crippen molar-refractivity contribution in [2.45, 2.75) is 261 Å². The molecule has 2 heterocycles. The van der Waals surface area contributed by atoms with Crippen molar-refractivity contribution < 1.29 is 64.6 Å². The number of nitrogens with one attached hydrogen (secondary N) is 1. The van der Waals surface area contributed by atoms with Gasteiger partial charge in [0, 0.05) is 6.42 Å². The summed E-state index contributed by atoms with van der Waals surface area (Å²) < 4.78 is 22.7. The average molecular weight is 1110 g/mol. The van der Waals surface area contributed by atoms with E-state index in [1.165, 1.54) is 51.4 Å². The van der Waals surface area contributed by atoms with Gasteiger partial charge in [0.1, 0.15) is 48.8 Å². The molecule has 2 rings (SSSR count). The number of hydrogen-bond donors (Lipinski definition) is 9. The summed E-state index contributed by atoms with van der Waals surface area (Å²) >= 11 is 0. The molecule has 14 nitrogen and oxygen atoms in total. The van der Waals surface area contributed by atoms with Gasteiger partial charge in [0.05, 0.1) is 32.0 Å². The molecule has 2 saturated heterocycles. The molecule has 1 amide bonds. The summed E-state index contributed by atoms with van der Waals surface area (Å²) in [6, 6.07) is -0.923. The first-order chi connectivity index (χ1) is 38.6. The van der Waals surface area contributed by atoms with Gasteiger partial charge in [-0.2, -0.15) is 0 Å². The molecule has 12 atom stereocenters. The van der Waals surface area contributed by atoms with Gasteiger partial charge in [0.2, 0.25) is 5.91 Å². The Balaban J connectivity index is 1.60. The molecular formula is C65H107NO13. The fourth-order valence-corrected chi connectivity index (χ4v) is 9.05. The molecule has 14 heteroatoms. The molecule has 0 aromatic rings. The van der Waals surface area contributed by atoms with E-state index >= 15 is 0 Å². The SMILES string of the molecule is CC/C=C\C/C=C\C/C=C\C/C=C\C/C=C\C/C=C\C/C=C\C/C=C\C/C=C\CCCCCCCCCCCC(=O)NC(COC1OC(CO)C(OC2OC(CO)C(O)C(O)C2O)C(O)C1O)C(O)/C=C/CCCCCCCC. The molecule has 2 fully saturated rings. The molecule has 0 aliphatic carbocycles. The molecule has 0 bridgehead atoms. The Bertz CT molecular complexity index is 1790. The van der Waals surface area contributed by atoms with Crippen LogP contribution in [0.4, 0.5) is 0 Å². The molecule has 2 aliphatic heterocycles. The van der Waals surface area contributed by atoms with E-state index in [1.807, 2.05) is 6.08 Å². The van der Waals surface area contributed by atoms with Gasteiger partial charge in [-0.1, -0.05) is 212 Å². The molecule has 2 aliphatic rings. The van der Waals surface area contributed by atoms with Crippen molar-refractivity contribution in [2.24, 2.45) is 0 Å². The van der Waals surface area contributed by atoms with Crippen molar-refractivity contribution in [3.63, 3.8) is 0 Å². The number of amides is 1. The molecule has 79 heavy (non-hydrogen) atoms. The topological polar surface area (TPSA) is 228 Å². The average Bonchev–Trinajstić information content (AvgIpc) is 3.47. The Morgan fingerprint density at radius 1 is 0.468 bits per heavy atom. The lowest BCUT2D eigenvalue weighted by molar-refractivity contribution is -0.359. The Morgan fingerprint density at radius 3 is 1.34 bits per heavy atom.